The Morgan fingerprint density at radius 1 is 0.692 bits per heavy atom. The van der Waals surface area contributed by atoms with Crippen molar-refractivity contribution in [3.8, 4) is 0 Å². The Bertz CT molecular complexity index is 495. The topological polar surface area (TPSA) is 21.8 Å². The molecule has 0 amide bonds. The van der Waals surface area contributed by atoms with Crippen molar-refractivity contribution in [1.29, 1.82) is 0 Å². The molecule has 26 heavy (non-hydrogen) atoms. The number of ether oxygens (including phenoxy) is 2. The van der Waals surface area contributed by atoms with Crippen LogP contribution in [0.15, 0.2) is 0 Å². The maximum Gasteiger partial charge on any atom is 0.460 e. The van der Waals surface area contributed by atoms with Gasteiger partial charge in [-0.05, 0) is 0 Å². The largest absolute Gasteiger partial charge is 0.460 e. The normalized spacial score (nSPS) is 20.4. The van der Waals surface area contributed by atoms with E-state index in [9.17, 15) is 57.1 Å². The van der Waals surface area contributed by atoms with Crippen LogP contribution in [0.3, 0.4) is 0 Å². The quantitative estimate of drug-likeness (QED) is 0.311. The Morgan fingerprint density at radius 2 is 1.12 bits per heavy atom. The highest BCUT2D eigenvalue weighted by Crippen LogP contribution is 2.60. The summed E-state index contributed by atoms with van der Waals surface area (Å²) in [6.07, 6.45) is -10.3. The van der Waals surface area contributed by atoms with Gasteiger partial charge in [0.05, 0.1) is 19.8 Å². The highest BCUT2D eigenvalue weighted by molar-refractivity contribution is 5.10. The van der Waals surface area contributed by atoms with Crippen LogP contribution in [-0.4, -0.2) is 61.7 Å². The summed E-state index contributed by atoms with van der Waals surface area (Å²) in [5.41, 5.74) is 0. The highest BCUT2D eigenvalue weighted by atomic mass is 19.4. The minimum absolute atomic E-state index is 0.128. The van der Waals surface area contributed by atoms with Crippen LogP contribution >= 0.6 is 0 Å². The molecule has 15 heteroatoms. The Morgan fingerprint density at radius 3 is 1.50 bits per heavy atom. The lowest BCUT2D eigenvalue weighted by atomic mass is 9.93. The molecule has 1 heterocycles. The average molecular weight is 420 g/mol. The van der Waals surface area contributed by atoms with Crippen LogP contribution in [-0.2, 0) is 9.47 Å². The van der Waals surface area contributed by atoms with Gasteiger partial charge in [0.2, 0.25) is 0 Å². The summed E-state index contributed by atoms with van der Waals surface area (Å²) in [5, 5.41) is 0. The number of hydrogen-bond donors (Lipinski definition) is 0. The fourth-order valence-electron chi connectivity index (χ4n) is 1.54. The fraction of sp³-hybridized carbons (Fsp3) is 1.00. The molecule has 156 valence electrons. The molecule has 0 unspecified atom stereocenters. The van der Waals surface area contributed by atoms with E-state index in [4.69, 9.17) is 0 Å². The predicted octanol–water partition coefficient (Wildman–Crippen LogP) is 4.53. The van der Waals surface area contributed by atoms with Crippen LogP contribution in [0.1, 0.15) is 6.42 Å². The fourth-order valence-corrected chi connectivity index (χ4v) is 1.54. The Hall–Kier alpha value is -0.990. The van der Waals surface area contributed by atoms with Crippen molar-refractivity contribution >= 4 is 0 Å². The van der Waals surface area contributed by atoms with Gasteiger partial charge in [-0.1, -0.05) is 0 Å². The highest BCUT2D eigenvalue weighted by Gasteiger charge is 2.90. The zero-order valence-corrected chi connectivity index (χ0v) is 12.1. The van der Waals surface area contributed by atoms with Crippen molar-refractivity contribution in [2.24, 2.45) is 0 Å². The minimum atomic E-state index is -7.87. The summed E-state index contributed by atoms with van der Waals surface area (Å²) in [4.78, 5) is 0. The van der Waals surface area contributed by atoms with E-state index in [0.717, 1.165) is 0 Å². The second kappa shape index (κ2) is 6.56. The van der Waals surface area contributed by atoms with Crippen LogP contribution in [0, 0.1) is 0 Å². The molecule has 0 aromatic heterocycles. The third kappa shape index (κ3) is 3.68. The summed E-state index contributed by atoms with van der Waals surface area (Å²) in [5.74, 6) is -36.7. The van der Waals surface area contributed by atoms with Gasteiger partial charge < -0.3 is 9.47 Å². The molecule has 1 fully saturated rings. The Balaban J connectivity index is 3.04. The van der Waals surface area contributed by atoms with E-state index in [1.807, 2.05) is 0 Å². The first-order valence-electron chi connectivity index (χ1n) is 6.48. The summed E-state index contributed by atoms with van der Waals surface area (Å²) < 4.78 is 175. The third-order valence-electron chi connectivity index (χ3n) is 3.26. The summed E-state index contributed by atoms with van der Waals surface area (Å²) >= 11 is 0. The van der Waals surface area contributed by atoms with Crippen LogP contribution in [0.5, 0.6) is 0 Å². The third-order valence-corrected chi connectivity index (χ3v) is 3.26. The SMILES string of the molecule is FC(F)(F)C(F)(F)C(F)(F)C(F)(F)C(F)(F)C(F)(F)CCOC[C@H]1CO1. The molecule has 0 radical (unpaired) electrons. The molecule has 0 bridgehead atoms. The number of hydrogen-bond acceptors (Lipinski definition) is 2. The average Bonchev–Trinajstić information content (AvgIpc) is 3.25. The molecular weight excluding hydrogens is 411 g/mol. The molecule has 1 aliphatic rings. The standard InChI is InChI=1S/C11H9F13O2/c12-6(13,1-2-25-3-5-4-26-5)7(14,15)8(16,17)9(18,19)10(20,21)11(22,23)24/h5H,1-4H2/t5-/m0/s1. The summed E-state index contributed by atoms with van der Waals surface area (Å²) in [6.45, 7) is -1.70. The van der Waals surface area contributed by atoms with Gasteiger partial charge >= 0.3 is 35.8 Å². The van der Waals surface area contributed by atoms with Gasteiger partial charge in [0.25, 0.3) is 0 Å². The molecule has 1 atom stereocenters. The zero-order chi connectivity index (χ0) is 20.8. The second-order valence-corrected chi connectivity index (χ2v) is 5.28. The summed E-state index contributed by atoms with van der Waals surface area (Å²) in [6, 6.07) is 0. The lowest BCUT2D eigenvalue weighted by Crippen LogP contribution is -2.70. The van der Waals surface area contributed by atoms with E-state index in [-0.39, 0.29) is 6.61 Å². The van der Waals surface area contributed by atoms with Crippen LogP contribution in [0.25, 0.3) is 0 Å². The first-order chi connectivity index (χ1) is 11.3. The van der Waals surface area contributed by atoms with Crippen molar-refractivity contribution < 1.29 is 66.5 Å². The van der Waals surface area contributed by atoms with Crippen molar-refractivity contribution in [2.45, 2.75) is 48.3 Å². The number of halogens is 13. The van der Waals surface area contributed by atoms with Gasteiger partial charge in [0.15, 0.2) is 0 Å². The van der Waals surface area contributed by atoms with Crippen molar-refractivity contribution in [1.82, 2.24) is 0 Å². The van der Waals surface area contributed by atoms with Crippen molar-refractivity contribution in [3.05, 3.63) is 0 Å². The van der Waals surface area contributed by atoms with Gasteiger partial charge in [-0.15, -0.1) is 0 Å². The predicted molar refractivity (Wildman–Crippen MR) is 56.0 cm³/mol. The number of epoxide rings is 1. The van der Waals surface area contributed by atoms with Crippen LogP contribution in [0.2, 0.25) is 0 Å². The van der Waals surface area contributed by atoms with E-state index in [2.05, 4.69) is 9.47 Å². The Labute approximate surface area is 136 Å². The molecule has 0 aromatic rings. The zero-order valence-electron chi connectivity index (χ0n) is 12.1. The Kier molecular flexibility index (Phi) is 5.82. The van der Waals surface area contributed by atoms with E-state index in [0.29, 0.717) is 0 Å². The van der Waals surface area contributed by atoms with Crippen molar-refractivity contribution in [2.75, 3.05) is 19.8 Å². The van der Waals surface area contributed by atoms with Gasteiger partial charge in [-0.2, -0.15) is 57.1 Å². The van der Waals surface area contributed by atoms with Crippen molar-refractivity contribution in [3.63, 3.8) is 0 Å². The second-order valence-electron chi connectivity index (χ2n) is 5.28. The van der Waals surface area contributed by atoms with Gasteiger partial charge in [-0.3, -0.25) is 0 Å². The van der Waals surface area contributed by atoms with E-state index < -0.39 is 61.5 Å². The van der Waals surface area contributed by atoms with E-state index in [1.165, 1.54) is 0 Å². The molecule has 2 nitrogen and oxygen atoms in total. The molecule has 0 spiro atoms. The molecule has 0 aliphatic carbocycles. The monoisotopic (exact) mass is 420 g/mol. The smallest absolute Gasteiger partial charge is 0.378 e. The molecule has 1 saturated heterocycles. The molecule has 0 N–H and O–H groups in total. The maximum atomic E-state index is 13.3. The lowest BCUT2D eigenvalue weighted by Gasteiger charge is -2.39. The first kappa shape index (κ1) is 23.0. The van der Waals surface area contributed by atoms with Crippen LogP contribution < -0.4 is 0 Å². The number of rotatable bonds is 9. The molecule has 0 aromatic carbocycles. The molecular formula is C11H9F13O2. The van der Waals surface area contributed by atoms with Gasteiger partial charge in [0, 0.05) is 6.42 Å². The lowest BCUT2D eigenvalue weighted by molar-refractivity contribution is -0.440. The van der Waals surface area contributed by atoms with Gasteiger partial charge in [0.1, 0.15) is 6.10 Å². The van der Waals surface area contributed by atoms with Gasteiger partial charge in [-0.25, -0.2) is 0 Å². The van der Waals surface area contributed by atoms with E-state index in [1.54, 1.807) is 0 Å². The molecule has 0 saturated carbocycles. The minimum Gasteiger partial charge on any atom is -0.378 e. The number of alkyl halides is 13. The molecule has 1 aliphatic heterocycles. The first-order valence-corrected chi connectivity index (χ1v) is 6.48. The maximum absolute atomic E-state index is 13.3. The molecule has 1 rings (SSSR count). The van der Waals surface area contributed by atoms with E-state index >= 15 is 0 Å². The summed E-state index contributed by atoms with van der Waals surface area (Å²) in [7, 11) is 0. The van der Waals surface area contributed by atoms with Crippen LogP contribution in [0.4, 0.5) is 57.1 Å².